The van der Waals surface area contributed by atoms with Gasteiger partial charge in [-0.2, -0.15) is 0 Å². The normalized spacial score (nSPS) is 18.8. The molecule has 0 spiro atoms. The highest BCUT2D eigenvalue weighted by Crippen LogP contribution is 2.26. The van der Waals surface area contributed by atoms with Gasteiger partial charge < -0.3 is 68.5 Å². The molecule has 25 nitrogen and oxygen atoms in total. The zero-order chi connectivity index (χ0) is 64.4. The van der Waals surface area contributed by atoms with Gasteiger partial charge in [-0.15, -0.1) is 0 Å². The number of aliphatic hydroxyl groups is 1. The average Bonchev–Trinajstić information content (AvgIpc) is 3.99. The molecule has 0 unspecified atom stereocenters. The van der Waals surface area contributed by atoms with Crippen molar-refractivity contribution in [1.29, 1.82) is 0 Å². The van der Waals surface area contributed by atoms with Crippen molar-refractivity contribution in [2.45, 2.75) is 253 Å². The minimum absolute atomic E-state index is 0.00232. The molecule has 12 amide bonds. The number of nitrogens with one attached hydrogen (secondary N) is 9. The molecule has 2 aliphatic rings. The molecule has 0 bridgehead atoms. The summed E-state index contributed by atoms with van der Waals surface area (Å²) >= 11 is 0. The van der Waals surface area contributed by atoms with Gasteiger partial charge in [0.15, 0.2) is 0 Å². The number of carbonyl (C=O) groups excluding carboxylic acids is 12. The summed E-state index contributed by atoms with van der Waals surface area (Å²) < 4.78 is 0. The molecule has 2 fully saturated rings. The minimum Gasteiger partial charge on any atom is -0.394 e. The van der Waals surface area contributed by atoms with Gasteiger partial charge in [-0.3, -0.25) is 57.5 Å². The highest BCUT2D eigenvalue weighted by molar-refractivity contribution is 6.01. The lowest BCUT2D eigenvalue weighted by Gasteiger charge is -2.36. The second-order valence-corrected chi connectivity index (χ2v) is 25.7. The molecule has 0 aromatic rings. The largest absolute Gasteiger partial charge is 0.394 e. The Hall–Kier alpha value is -6.40. The molecule has 2 saturated heterocycles. The molecule has 84 heavy (non-hydrogen) atoms. The number of aliphatic hydroxyl groups excluding tert-OH is 1. The van der Waals surface area contributed by atoms with Crippen LogP contribution in [0.1, 0.15) is 188 Å². The lowest BCUT2D eigenvalue weighted by atomic mass is 9.93. The van der Waals surface area contributed by atoms with Crippen LogP contribution in [0.3, 0.4) is 0 Å². The van der Waals surface area contributed by atoms with E-state index in [1.807, 2.05) is 41.5 Å². The van der Waals surface area contributed by atoms with Crippen molar-refractivity contribution in [2.75, 3.05) is 19.7 Å². The Balaban J connectivity index is 2.33. The summed E-state index contributed by atoms with van der Waals surface area (Å²) in [5.41, 5.74) is 0.762. The molecule has 2 aliphatic heterocycles. The van der Waals surface area contributed by atoms with Gasteiger partial charge in [-0.05, 0) is 116 Å². The molecule has 0 aliphatic carbocycles. The van der Waals surface area contributed by atoms with Crippen LogP contribution in [0.25, 0.3) is 0 Å². The maximum Gasteiger partial charge on any atom is 0.248 e. The number of primary amides is 1. The van der Waals surface area contributed by atoms with Gasteiger partial charge in [-0.1, -0.05) is 88.5 Å². The van der Waals surface area contributed by atoms with Crippen LogP contribution in [0, 0.1) is 29.6 Å². The van der Waals surface area contributed by atoms with Gasteiger partial charge in [0, 0.05) is 26.4 Å². The summed E-state index contributed by atoms with van der Waals surface area (Å²) in [6, 6.07) is -8.50. The summed E-state index contributed by atoms with van der Waals surface area (Å²) in [4.78, 5) is 167. The first-order valence-corrected chi connectivity index (χ1v) is 30.2. The molecule has 0 radical (unpaired) electrons. The van der Waals surface area contributed by atoms with E-state index < -0.39 is 142 Å². The molecular weight excluding hydrogens is 1080 g/mol. The SMILES string of the molecule is CC[C@@H](C)[C@@H](CO)NC(=O)[C@@H]1CCCN1C(=O)C(C)(C)NC(=O)[C@H](CC(C)C)NC(=O)[C@H](CC(C)C)NC(=O)[C@@H]1CCCN1C(=O)C(C)(C)NC(=O)[C@@H](NC(=O)[C@@H](NC(=O)[C@H](CCC(N)=O)NC(=O)C(C)(C)NC(C)=O)[C@@H](C)CC)[C@@H](C)CC. The number of carbonyl (C=O) groups is 12. The fourth-order valence-corrected chi connectivity index (χ4v) is 10.3. The maximum atomic E-state index is 14.6. The molecule has 0 saturated carbocycles. The summed E-state index contributed by atoms with van der Waals surface area (Å²) in [7, 11) is 0. The first-order valence-electron chi connectivity index (χ1n) is 30.2. The molecule has 12 N–H and O–H groups in total. The van der Waals surface area contributed by atoms with Crippen LogP contribution in [0.2, 0.25) is 0 Å². The Kier molecular flexibility index (Phi) is 28.7. The van der Waals surface area contributed by atoms with Crippen molar-refractivity contribution in [3.63, 3.8) is 0 Å². The van der Waals surface area contributed by atoms with Crippen LogP contribution in [0.4, 0.5) is 0 Å². The highest BCUT2D eigenvalue weighted by atomic mass is 16.3. The summed E-state index contributed by atoms with van der Waals surface area (Å²) in [6.07, 6.45) is 2.91. The van der Waals surface area contributed by atoms with Crippen LogP contribution in [0.15, 0.2) is 0 Å². The monoisotopic (exact) mass is 1190 g/mol. The lowest BCUT2D eigenvalue weighted by molar-refractivity contribution is -0.146. The van der Waals surface area contributed by atoms with Crippen LogP contribution < -0.4 is 53.6 Å². The number of hydrogen-bond acceptors (Lipinski definition) is 13. The summed E-state index contributed by atoms with van der Waals surface area (Å²) in [6.45, 7) is 28.6. The second kappa shape index (κ2) is 32.8. The summed E-state index contributed by atoms with van der Waals surface area (Å²) in [5, 5.41) is 34.6. The van der Waals surface area contributed by atoms with Crippen molar-refractivity contribution < 1.29 is 62.6 Å². The van der Waals surface area contributed by atoms with E-state index in [4.69, 9.17) is 5.73 Å². The fourth-order valence-electron chi connectivity index (χ4n) is 10.3. The molecule has 11 atom stereocenters. The number of hydrogen-bond donors (Lipinski definition) is 11. The van der Waals surface area contributed by atoms with Gasteiger partial charge in [0.2, 0.25) is 70.9 Å². The van der Waals surface area contributed by atoms with Crippen LogP contribution in [0.5, 0.6) is 0 Å². The number of rotatable bonds is 33. The van der Waals surface area contributed by atoms with E-state index in [0.29, 0.717) is 32.1 Å². The second-order valence-electron chi connectivity index (χ2n) is 25.7. The van der Waals surface area contributed by atoms with E-state index in [1.165, 1.54) is 58.3 Å². The molecule has 478 valence electrons. The topological polar surface area (TPSA) is 366 Å². The quantitative estimate of drug-likeness (QED) is 0.0439. The number of amides is 12. The zero-order valence-electron chi connectivity index (χ0n) is 53.2. The van der Waals surface area contributed by atoms with Crippen LogP contribution >= 0.6 is 0 Å². The number of nitrogens with zero attached hydrogens (tertiary/aromatic N) is 2. The number of likely N-dealkylation sites (tertiary alicyclic amines) is 2. The predicted octanol–water partition coefficient (Wildman–Crippen LogP) is 1.07. The standard InChI is InChI=1S/C59H104N12O13/c1-18-34(8)41(31-72)63-51(79)43-24-22-28-71(43)55(83)58(14,15)68-49(77)40(30-33(6)7)61-48(76)39(29-32(4)5)62-50(78)42-23-21-27-70(42)56(84)59(16,17)69-53(81)46(36(10)20-3)66-52(80)45(35(9)19-2)65-47(75)38(25-26-44(60)74)64-54(82)57(12,13)67-37(11)73/h32-36,38-43,45-46,72H,18-31H2,1-17H3,(H2,60,74)(H,61,76)(H,62,78)(H,63,79)(H,64,82)(H,65,75)(H,66,80)(H,67,73)(H,68,77)(H,69,81)/t34-,35+,36+,38+,39+,40+,41-,42+,43+,45+,46+/m1/s1. The van der Waals surface area contributed by atoms with Crippen molar-refractivity contribution in [3.05, 3.63) is 0 Å². The molecule has 2 rings (SSSR count). The highest BCUT2D eigenvalue weighted by Gasteiger charge is 2.46. The van der Waals surface area contributed by atoms with E-state index in [0.717, 1.165) is 6.42 Å². The smallest absolute Gasteiger partial charge is 0.248 e. The Morgan fingerprint density at radius 1 is 0.512 bits per heavy atom. The van der Waals surface area contributed by atoms with Gasteiger partial charge in [0.05, 0.1) is 12.6 Å². The Bertz CT molecular complexity index is 2340. The van der Waals surface area contributed by atoms with Gasteiger partial charge >= 0.3 is 0 Å². The van der Waals surface area contributed by atoms with E-state index in [1.54, 1.807) is 27.7 Å². The Morgan fingerprint density at radius 3 is 1.36 bits per heavy atom. The van der Waals surface area contributed by atoms with Crippen molar-refractivity contribution in [3.8, 4) is 0 Å². The summed E-state index contributed by atoms with van der Waals surface area (Å²) in [5.74, 6) is -8.97. The van der Waals surface area contributed by atoms with Crippen molar-refractivity contribution in [2.24, 2.45) is 35.3 Å². The molecular formula is C59H104N12O13. The molecule has 0 aromatic heterocycles. The average molecular weight is 1190 g/mol. The molecule has 0 aromatic carbocycles. The van der Waals surface area contributed by atoms with Gasteiger partial charge in [-0.25, -0.2) is 0 Å². The van der Waals surface area contributed by atoms with Crippen LogP contribution in [-0.4, -0.2) is 170 Å². The fraction of sp³-hybridized carbons (Fsp3) is 0.797. The van der Waals surface area contributed by atoms with E-state index in [-0.39, 0.29) is 75.5 Å². The third-order valence-corrected chi connectivity index (χ3v) is 16.1. The molecule has 2 heterocycles. The van der Waals surface area contributed by atoms with Gasteiger partial charge in [0.25, 0.3) is 0 Å². The first kappa shape index (κ1) is 73.7. The molecule has 25 heteroatoms. The lowest BCUT2D eigenvalue weighted by Crippen LogP contribution is -2.64. The zero-order valence-corrected chi connectivity index (χ0v) is 53.2. The maximum absolute atomic E-state index is 14.6. The number of nitrogens with two attached hydrogens (primary N) is 1. The van der Waals surface area contributed by atoms with E-state index >= 15 is 0 Å². The van der Waals surface area contributed by atoms with E-state index in [9.17, 15) is 62.6 Å². The van der Waals surface area contributed by atoms with Gasteiger partial charge in [0.1, 0.15) is 58.9 Å². The Labute approximate surface area is 497 Å². The predicted molar refractivity (Wildman–Crippen MR) is 316 cm³/mol. The van der Waals surface area contributed by atoms with E-state index in [2.05, 4.69) is 47.9 Å². The third-order valence-electron chi connectivity index (χ3n) is 16.1. The van der Waals surface area contributed by atoms with Crippen LogP contribution in [-0.2, 0) is 57.5 Å². The minimum atomic E-state index is -1.66. The van der Waals surface area contributed by atoms with Crippen molar-refractivity contribution >= 4 is 70.9 Å². The van der Waals surface area contributed by atoms with Crippen molar-refractivity contribution in [1.82, 2.24) is 57.7 Å². The first-order chi connectivity index (χ1) is 38.9. The third kappa shape index (κ3) is 21.6. The Morgan fingerprint density at radius 2 is 0.929 bits per heavy atom.